The molecule has 0 amide bonds. The summed E-state index contributed by atoms with van der Waals surface area (Å²) in [5.41, 5.74) is 8.73. The molecule has 12 rings (SSSR count). The molecular weight excluding hydrogens is 731 g/mol. The van der Waals surface area contributed by atoms with Gasteiger partial charge in [0.2, 0.25) is 0 Å². The highest BCUT2D eigenvalue weighted by Gasteiger charge is 2.21. The first-order valence-electron chi connectivity index (χ1n) is 19.2. The summed E-state index contributed by atoms with van der Waals surface area (Å²) in [7, 11) is 0. The normalized spacial score (nSPS) is 11.9. The predicted molar refractivity (Wildman–Crippen MR) is 248 cm³/mol. The van der Waals surface area contributed by atoms with E-state index in [0.29, 0.717) is 0 Å². The monoisotopic (exact) mass is 763 g/mol. The second kappa shape index (κ2) is 12.8. The Morgan fingerprint density at radius 3 is 1.67 bits per heavy atom. The predicted octanol–water partition coefficient (Wildman–Crippen LogP) is 15.7. The van der Waals surface area contributed by atoms with Crippen LogP contribution in [0.5, 0.6) is 0 Å². The number of para-hydroxylation sites is 2. The molecule has 0 saturated heterocycles. The molecule has 5 heteroatoms. The summed E-state index contributed by atoms with van der Waals surface area (Å²) < 4.78 is 7.58. The second-order valence-electron chi connectivity index (χ2n) is 14.7. The first-order valence-corrected chi connectivity index (χ1v) is 20.9. The number of thiophene rings is 2. The minimum atomic E-state index is 1.04. The molecule has 3 heterocycles. The van der Waals surface area contributed by atoms with Crippen molar-refractivity contribution in [3.8, 4) is 5.69 Å². The Hall–Kier alpha value is -6.92. The first-order chi connectivity index (χ1) is 28.2. The summed E-state index contributed by atoms with van der Waals surface area (Å²) in [4.78, 5) is 6.29. The van der Waals surface area contributed by atoms with Crippen LogP contribution in [0.1, 0.15) is 0 Å². The number of hydrogen-bond acceptors (Lipinski definition) is 3. The molecule has 0 unspecified atom stereocenters. The lowest BCUT2D eigenvalue weighted by molar-refractivity contribution is 1.16. The molecule has 0 aliphatic carbocycles. The number of hydrogen-bond donors (Lipinski definition) is 1. The van der Waals surface area contributed by atoms with Crippen molar-refractivity contribution in [3.05, 3.63) is 194 Å². The van der Waals surface area contributed by atoms with Crippen molar-refractivity contribution in [2.75, 3.05) is 4.90 Å². The minimum Gasteiger partial charge on any atom is -0.355 e. The summed E-state index contributed by atoms with van der Waals surface area (Å²) in [6.45, 7) is 0. The lowest BCUT2D eigenvalue weighted by Gasteiger charge is -2.28. The summed E-state index contributed by atoms with van der Waals surface area (Å²) in [6, 6.07) is 71.4. The Balaban J connectivity index is 1.27. The van der Waals surface area contributed by atoms with Crippen molar-refractivity contribution in [3.63, 3.8) is 0 Å². The van der Waals surface area contributed by atoms with Crippen molar-refractivity contribution in [2.24, 2.45) is 0 Å². The molecule has 268 valence electrons. The quantitative estimate of drug-likeness (QED) is 0.190. The molecule has 0 saturated carbocycles. The van der Waals surface area contributed by atoms with E-state index in [9.17, 15) is 0 Å². The number of nitrogens with zero attached hydrogens (tertiary/aromatic N) is 2. The summed E-state index contributed by atoms with van der Waals surface area (Å²) in [5.74, 6) is 0. The van der Waals surface area contributed by atoms with Gasteiger partial charge in [0.1, 0.15) is 0 Å². The van der Waals surface area contributed by atoms with Crippen LogP contribution in [0.2, 0.25) is 0 Å². The molecule has 0 spiro atoms. The van der Waals surface area contributed by atoms with Gasteiger partial charge in [-0.25, -0.2) is 0 Å². The number of aromatic nitrogens is 2. The lowest BCUT2D eigenvalue weighted by Crippen LogP contribution is -2.11. The first kappa shape index (κ1) is 32.3. The van der Waals surface area contributed by atoms with E-state index >= 15 is 0 Å². The van der Waals surface area contributed by atoms with Crippen LogP contribution >= 0.6 is 22.7 Å². The minimum absolute atomic E-state index is 1.04. The fourth-order valence-corrected chi connectivity index (χ4v) is 10.9. The Morgan fingerprint density at radius 2 is 0.947 bits per heavy atom. The van der Waals surface area contributed by atoms with Gasteiger partial charge >= 0.3 is 0 Å². The average molecular weight is 764 g/mol. The molecule has 4 bridgehead atoms. The van der Waals surface area contributed by atoms with E-state index in [2.05, 4.69) is 209 Å². The number of aromatic amines is 1. The summed E-state index contributed by atoms with van der Waals surface area (Å²) >= 11 is 3.72. The Morgan fingerprint density at radius 1 is 0.368 bits per heavy atom. The SMILES string of the molecule is c1ccc(-n2c3cccc(c3)[nH]c3ccccc3c3cccc4c(N(c5ccc6sc7ccccc7c6c5)c5ccc6sc7ccccc7c6c5)cc2cc43)cc1. The van der Waals surface area contributed by atoms with Crippen molar-refractivity contribution in [1.82, 2.24) is 9.55 Å². The van der Waals surface area contributed by atoms with Crippen LogP contribution in [0.15, 0.2) is 194 Å². The van der Waals surface area contributed by atoms with E-state index in [4.69, 9.17) is 0 Å². The highest BCUT2D eigenvalue weighted by Crippen LogP contribution is 2.46. The van der Waals surface area contributed by atoms with Crippen LogP contribution in [0.25, 0.3) is 89.6 Å². The van der Waals surface area contributed by atoms with E-state index in [-0.39, 0.29) is 0 Å². The van der Waals surface area contributed by atoms with Gasteiger partial charge < -0.3 is 14.5 Å². The molecule has 12 aromatic rings. The Kier molecular flexibility index (Phi) is 7.27. The summed E-state index contributed by atoms with van der Waals surface area (Å²) in [5, 5.41) is 9.83. The zero-order valence-electron chi connectivity index (χ0n) is 30.7. The zero-order valence-corrected chi connectivity index (χ0v) is 32.3. The zero-order chi connectivity index (χ0) is 37.5. The van der Waals surface area contributed by atoms with E-state index in [1.54, 1.807) is 0 Å². The third-order valence-corrected chi connectivity index (χ3v) is 13.6. The number of benzene rings is 9. The molecule has 1 N–H and O–H groups in total. The molecule has 0 aliphatic heterocycles. The van der Waals surface area contributed by atoms with Crippen molar-refractivity contribution in [1.29, 1.82) is 0 Å². The van der Waals surface area contributed by atoms with Gasteiger partial charge in [0.15, 0.2) is 0 Å². The fraction of sp³-hybridized carbons (Fsp3) is 0. The topological polar surface area (TPSA) is 24.0 Å². The highest BCUT2D eigenvalue weighted by molar-refractivity contribution is 7.26. The number of fused-ring (bicyclic) bond motifs is 11. The van der Waals surface area contributed by atoms with E-state index in [1.165, 1.54) is 56.5 Å². The molecule has 9 aromatic carbocycles. The molecule has 0 aliphatic rings. The second-order valence-corrected chi connectivity index (χ2v) is 16.8. The van der Waals surface area contributed by atoms with Gasteiger partial charge in [-0.15, -0.1) is 22.7 Å². The van der Waals surface area contributed by atoms with Crippen LogP contribution in [-0.4, -0.2) is 9.55 Å². The van der Waals surface area contributed by atoms with Crippen molar-refractivity contribution < 1.29 is 0 Å². The van der Waals surface area contributed by atoms with Gasteiger partial charge in [0, 0.05) is 90.2 Å². The lowest BCUT2D eigenvalue weighted by atomic mass is 9.99. The number of H-pyrrole nitrogens is 1. The van der Waals surface area contributed by atoms with Crippen LogP contribution in [-0.2, 0) is 0 Å². The maximum absolute atomic E-state index is 3.80. The third-order valence-electron chi connectivity index (χ3n) is 11.3. The van der Waals surface area contributed by atoms with Crippen LogP contribution in [0, 0.1) is 0 Å². The third kappa shape index (κ3) is 5.24. The van der Waals surface area contributed by atoms with Gasteiger partial charge in [-0.3, -0.25) is 0 Å². The maximum atomic E-state index is 3.80. The van der Waals surface area contributed by atoms with Crippen LogP contribution in [0.3, 0.4) is 0 Å². The fourth-order valence-electron chi connectivity index (χ4n) is 8.76. The van der Waals surface area contributed by atoms with E-state index in [1.807, 2.05) is 22.7 Å². The van der Waals surface area contributed by atoms with Gasteiger partial charge in [-0.2, -0.15) is 0 Å². The Labute approximate surface area is 336 Å². The molecule has 0 atom stereocenters. The van der Waals surface area contributed by atoms with Gasteiger partial charge in [-0.1, -0.05) is 97.1 Å². The maximum Gasteiger partial charge on any atom is 0.0561 e. The van der Waals surface area contributed by atoms with Crippen LogP contribution < -0.4 is 4.90 Å². The van der Waals surface area contributed by atoms with Gasteiger partial charge in [-0.05, 0) is 108 Å². The van der Waals surface area contributed by atoms with E-state index < -0.39 is 0 Å². The largest absolute Gasteiger partial charge is 0.355 e. The van der Waals surface area contributed by atoms with Gasteiger partial charge in [0.05, 0.1) is 5.69 Å². The molecule has 3 nitrogen and oxygen atoms in total. The van der Waals surface area contributed by atoms with Crippen molar-refractivity contribution in [2.45, 2.75) is 0 Å². The number of rotatable bonds is 4. The van der Waals surface area contributed by atoms with E-state index in [0.717, 1.165) is 50.2 Å². The van der Waals surface area contributed by atoms with Crippen LogP contribution in [0.4, 0.5) is 17.1 Å². The molecule has 3 aromatic heterocycles. The van der Waals surface area contributed by atoms with Crippen molar-refractivity contribution >= 4 is 124 Å². The molecular formula is C52H33N3S2. The Bertz CT molecular complexity index is 3490. The standard InChI is InChI=1S/C52H33N3S2/c1-2-13-34(14-3-1)54-35-15-10-12-33(28-35)53-47-21-7-4-16-40(47)39-19-11-20-41-44(39)31-38(54)32-48(41)55(36-24-26-51-45(29-36)42-17-5-8-22-49(42)56-51)37-25-27-52-46(30-37)43-18-6-9-23-50(43)57-52/h1-32,53H. The molecule has 0 radical (unpaired) electrons. The number of anilines is 3. The average Bonchev–Trinajstić information content (AvgIpc) is 3.82. The smallest absolute Gasteiger partial charge is 0.0561 e. The highest BCUT2D eigenvalue weighted by atomic mass is 32.1. The number of nitrogens with one attached hydrogen (secondary N) is 1. The molecule has 57 heavy (non-hydrogen) atoms. The molecule has 0 fully saturated rings. The summed E-state index contributed by atoms with van der Waals surface area (Å²) in [6.07, 6.45) is 0. The van der Waals surface area contributed by atoms with Gasteiger partial charge in [0.25, 0.3) is 0 Å².